The van der Waals surface area contributed by atoms with Crippen LogP contribution < -0.4 is 5.32 Å². The Bertz CT molecular complexity index is 1270. The van der Waals surface area contributed by atoms with Crippen molar-refractivity contribution in [3.05, 3.63) is 53.9 Å². The second-order valence-electron chi connectivity index (χ2n) is 7.14. The average molecular weight is 456 g/mol. The maximum atomic E-state index is 12.6. The third kappa shape index (κ3) is 4.92. The van der Waals surface area contributed by atoms with Gasteiger partial charge in [-0.1, -0.05) is 12.1 Å². The minimum absolute atomic E-state index is 0.00232. The van der Waals surface area contributed by atoms with E-state index in [1.165, 1.54) is 15.8 Å². The lowest BCUT2D eigenvalue weighted by Crippen LogP contribution is -2.27. The fourth-order valence-electron chi connectivity index (χ4n) is 2.78. The van der Waals surface area contributed by atoms with Crippen LogP contribution in [0, 0.1) is 0 Å². The number of hydrogen-bond acceptors (Lipinski definition) is 8. The molecule has 0 aliphatic heterocycles. The smallest absolute Gasteiger partial charge is 0.321 e. The maximum Gasteiger partial charge on any atom is 0.321 e. The SMILES string of the molecule is CN(C)C(=O)Nc1cc(-c2nnn(Cc3ccc(-c4nnc(C(F)F)o4)cc3)n2)ccc1O. The number of carbonyl (C=O) groups excluding carboxylic acids is 1. The van der Waals surface area contributed by atoms with Gasteiger partial charge in [0.2, 0.25) is 11.7 Å². The molecule has 0 aliphatic carbocycles. The first-order valence-electron chi connectivity index (χ1n) is 9.60. The van der Waals surface area contributed by atoms with Gasteiger partial charge in [0, 0.05) is 25.2 Å². The van der Waals surface area contributed by atoms with E-state index in [2.05, 4.69) is 30.9 Å². The van der Waals surface area contributed by atoms with Crippen molar-refractivity contribution >= 4 is 11.7 Å². The Morgan fingerprint density at radius 3 is 2.52 bits per heavy atom. The van der Waals surface area contributed by atoms with Crippen LogP contribution in [0.4, 0.5) is 19.3 Å². The van der Waals surface area contributed by atoms with Crippen LogP contribution >= 0.6 is 0 Å². The van der Waals surface area contributed by atoms with Gasteiger partial charge in [0.25, 0.3) is 5.89 Å². The van der Waals surface area contributed by atoms with Gasteiger partial charge in [-0.3, -0.25) is 0 Å². The molecule has 4 aromatic rings. The summed E-state index contributed by atoms with van der Waals surface area (Å²) in [5, 5.41) is 31.9. The second-order valence-corrected chi connectivity index (χ2v) is 7.14. The number of anilines is 1. The molecule has 4 rings (SSSR count). The van der Waals surface area contributed by atoms with Crippen LogP contribution in [-0.2, 0) is 6.54 Å². The number of benzene rings is 2. The highest BCUT2D eigenvalue weighted by molar-refractivity contribution is 5.91. The number of alkyl halides is 2. The summed E-state index contributed by atoms with van der Waals surface area (Å²) in [4.78, 5) is 14.6. The standard InChI is InChI=1S/C20H18F2N8O3/c1-29(2)20(32)23-14-9-13(7-8-15(14)31)17-24-28-30(27-17)10-11-3-5-12(6-4-11)18-25-26-19(33-18)16(21)22/h3-9,16,31H,10H2,1-2H3,(H,23,32). The number of phenols is 1. The van der Waals surface area contributed by atoms with Crippen LogP contribution in [0.5, 0.6) is 5.75 Å². The number of tetrazole rings is 1. The summed E-state index contributed by atoms with van der Waals surface area (Å²) in [5.41, 5.74) is 2.09. The number of amides is 2. The highest BCUT2D eigenvalue weighted by atomic mass is 19.3. The van der Waals surface area contributed by atoms with Crippen LogP contribution in [0.3, 0.4) is 0 Å². The summed E-state index contributed by atoms with van der Waals surface area (Å²) in [6, 6.07) is 11.0. The van der Waals surface area contributed by atoms with E-state index in [1.807, 2.05) is 0 Å². The van der Waals surface area contributed by atoms with Gasteiger partial charge in [-0.05, 0) is 41.1 Å². The van der Waals surface area contributed by atoms with Crippen LogP contribution in [-0.4, -0.2) is 60.5 Å². The summed E-state index contributed by atoms with van der Waals surface area (Å²) in [5.74, 6) is -0.518. The monoisotopic (exact) mass is 456 g/mol. The first-order valence-corrected chi connectivity index (χ1v) is 9.60. The molecule has 170 valence electrons. The number of halogens is 2. The highest BCUT2D eigenvalue weighted by Gasteiger charge is 2.17. The van der Waals surface area contributed by atoms with Gasteiger partial charge in [-0.2, -0.15) is 13.6 Å². The Labute approximate surface area is 185 Å². The van der Waals surface area contributed by atoms with Gasteiger partial charge >= 0.3 is 12.5 Å². The maximum absolute atomic E-state index is 12.6. The van der Waals surface area contributed by atoms with Crippen LogP contribution in [0.25, 0.3) is 22.8 Å². The Morgan fingerprint density at radius 1 is 1.12 bits per heavy atom. The Kier molecular flexibility index (Phi) is 5.93. The number of rotatable bonds is 6. The molecule has 0 unspecified atom stereocenters. The molecule has 0 atom stereocenters. The molecule has 2 aromatic heterocycles. The van der Waals surface area contributed by atoms with E-state index in [9.17, 15) is 18.7 Å². The van der Waals surface area contributed by atoms with Crippen molar-refractivity contribution in [2.45, 2.75) is 13.0 Å². The van der Waals surface area contributed by atoms with E-state index in [4.69, 9.17) is 4.42 Å². The average Bonchev–Trinajstić information content (AvgIpc) is 3.46. The van der Waals surface area contributed by atoms with Crippen molar-refractivity contribution in [2.24, 2.45) is 0 Å². The fraction of sp³-hybridized carbons (Fsp3) is 0.200. The Hall–Kier alpha value is -4.42. The third-order valence-electron chi connectivity index (χ3n) is 4.51. The zero-order valence-electron chi connectivity index (χ0n) is 17.5. The van der Waals surface area contributed by atoms with Crippen LogP contribution in [0.2, 0.25) is 0 Å². The van der Waals surface area contributed by atoms with E-state index < -0.39 is 18.3 Å². The Morgan fingerprint density at radius 2 is 1.85 bits per heavy atom. The number of carbonyl (C=O) groups is 1. The molecule has 2 amide bonds. The zero-order chi connectivity index (χ0) is 23.5. The summed E-state index contributed by atoms with van der Waals surface area (Å²) in [6.07, 6.45) is -2.83. The van der Waals surface area contributed by atoms with E-state index >= 15 is 0 Å². The molecular formula is C20H18F2N8O3. The minimum atomic E-state index is -2.83. The highest BCUT2D eigenvalue weighted by Crippen LogP contribution is 2.28. The van der Waals surface area contributed by atoms with Crippen molar-refractivity contribution in [3.63, 3.8) is 0 Å². The molecule has 2 heterocycles. The number of phenolic OH excluding ortho intramolecular Hbond substituents is 1. The predicted molar refractivity (Wildman–Crippen MR) is 111 cm³/mol. The van der Waals surface area contributed by atoms with E-state index in [1.54, 1.807) is 50.5 Å². The molecular weight excluding hydrogens is 438 g/mol. The predicted octanol–water partition coefficient (Wildman–Crippen LogP) is 3.18. The lowest BCUT2D eigenvalue weighted by Gasteiger charge is -2.13. The van der Waals surface area contributed by atoms with Crippen molar-refractivity contribution in [3.8, 4) is 28.6 Å². The molecule has 0 saturated heterocycles. The fourth-order valence-corrected chi connectivity index (χ4v) is 2.78. The van der Waals surface area contributed by atoms with Crippen molar-refractivity contribution in [1.82, 2.24) is 35.3 Å². The molecule has 11 nitrogen and oxygen atoms in total. The van der Waals surface area contributed by atoms with Gasteiger partial charge in [0.1, 0.15) is 5.75 Å². The molecule has 0 radical (unpaired) electrons. The van der Waals surface area contributed by atoms with Gasteiger partial charge in [-0.25, -0.2) is 4.79 Å². The molecule has 2 aromatic carbocycles. The summed E-state index contributed by atoms with van der Waals surface area (Å²) < 4.78 is 30.1. The minimum Gasteiger partial charge on any atom is -0.506 e. The van der Waals surface area contributed by atoms with E-state index in [0.717, 1.165) is 5.56 Å². The first-order chi connectivity index (χ1) is 15.8. The molecule has 0 bridgehead atoms. The Balaban J connectivity index is 1.47. The second kappa shape index (κ2) is 8.98. The van der Waals surface area contributed by atoms with Gasteiger partial charge in [0.05, 0.1) is 12.2 Å². The summed E-state index contributed by atoms with van der Waals surface area (Å²) >= 11 is 0. The normalized spacial score (nSPS) is 11.1. The zero-order valence-corrected chi connectivity index (χ0v) is 17.5. The number of hydrogen-bond donors (Lipinski definition) is 2. The van der Waals surface area contributed by atoms with Gasteiger partial charge in [0.15, 0.2) is 0 Å². The van der Waals surface area contributed by atoms with Crippen LogP contribution in [0.15, 0.2) is 46.9 Å². The first kappa shape index (κ1) is 21.8. The van der Waals surface area contributed by atoms with E-state index in [-0.39, 0.29) is 17.3 Å². The number of aromatic hydroxyl groups is 1. The van der Waals surface area contributed by atoms with E-state index in [0.29, 0.717) is 23.5 Å². The molecule has 0 fully saturated rings. The van der Waals surface area contributed by atoms with Crippen molar-refractivity contribution in [2.75, 3.05) is 19.4 Å². The van der Waals surface area contributed by atoms with Gasteiger partial charge < -0.3 is 19.7 Å². The molecule has 0 aliphatic rings. The number of nitrogens with zero attached hydrogens (tertiary/aromatic N) is 7. The molecule has 2 N–H and O–H groups in total. The quantitative estimate of drug-likeness (QED) is 0.423. The summed E-state index contributed by atoms with van der Waals surface area (Å²) in [6.45, 7) is 0.293. The summed E-state index contributed by atoms with van der Waals surface area (Å²) in [7, 11) is 3.16. The topological polar surface area (TPSA) is 135 Å². The number of urea groups is 1. The number of aromatic nitrogens is 6. The van der Waals surface area contributed by atoms with Crippen molar-refractivity contribution < 1.29 is 23.1 Å². The van der Waals surface area contributed by atoms with Crippen molar-refractivity contribution in [1.29, 1.82) is 0 Å². The lowest BCUT2D eigenvalue weighted by molar-refractivity contribution is 0.116. The molecule has 13 heteroatoms. The number of nitrogens with one attached hydrogen (secondary N) is 1. The van der Waals surface area contributed by atoms with Gasteiger partial charge in [-0.15, -0.1) is 20.4 Å². The lowest BCUT2D eigenvalue weighted by atomic mass is 10.1. The van der Waals surface area contributed by atoms with Crippen LogP contribution in [0.1, 0.15) is 17.9 Å². The largest absolute Gasteiger partial charge is 0.506 e. The molecule has 33 heavy (non-hydrogen) atoms. The molecule has 0 saturated carbocycles. The third-order valence-corrected chi connectivity index (χ3v) is 4.51. The molecule has 0 spiro atoms.